The molecule has 4 nitrogen and oxygen atoms in total. The zero-order chi connectivity index (χ0) is 11.4. The third kappa shape index (κ3) is 2.33. The summed E-state index contributed by atoms with van der Waals surface area (Å²) >= 11 is 0. The molecule has 2 rings (SSSR count). The summed E-state index contributed by atoms with van der Waals surface area (Å²) in [4.78, 5) is 6.75. The van der Waals surface area contributed by atoms with Gasteiger partial charge in [-0.15, -0.1) is 0 Å². The van der Waals surface area contributed by atoms with E-state index in [4.69, 9.17) is 10.5 Å². The normalized spacial score (nSPS) is 20.4. The molecule has 88 valence electrons. The fraction of sp³-hybridized carbons (Fsp3) is 0.583. The van der Waals surface area contributed by atoms with Gasteiger partial charge in [0.15, 0.2) is 0 Å². The molecule has 0 bridgehead atoms. The van der Waals surface area contributed by atoms with Crippen LogP contribution in [0, 0.1) is 0 Å². The first-order chi connectivity index (χ1) is 7.85. The summed E-state index contributed by atoms with van der Waals surface area (Å²) in [7, 11) is 1.77. The molecular weight excluding hydrogens is 202 g/mol. The van der Waals surface area contributed by atoms with Crippen LogP contribution in [0.2, 0.25) is 0 Å². The van der Waals surface area contributed by atoms with Crippen LogP contribution in [0.25, 0.3) is 0 Å². The van der Waals surface area contributed by atoms with E-state index in [9.17, 15) is 0 Å². The molecule has 1 aromatic heterocycles. The molecule has 0 spiro atoms. The maximum atomic E-state index is 5.61. The Morgan fingerprint density at radius 3 is 3.19 bits per heavy atom. The number of nitrogens with zero attached hydrogens (tertiary/aromatic N) is 2. The van der Waals surface area contributed by atoms with E-state index in [2.05, 4.69) is 16.0 Å². The summed E-state index contributed by atoms with van der Waals surface area (Å²) in [5, 5.41) is 0. The van der Waals surface area contributed by atoms with Crippen molar-refractivity contribution in [1.29, 1.82) is 0 Å². The molecule has 2 N–H and O–H groups in total. The van der Waals surface area contributed by atoms with Crippen molar-refractivity contribution in [2.75, 3.05) is 31.6 Å². The van der Waals surface area contributed by atoms with Crippen molar-refractivity contribution in [2.45, 2.75) is 18.9 Å². The molecule has 1 saturated heterocycles. The topological polar surface area (TPSA) is 51.4 Å². The number of rotatable bonds is 4. The average Bonchev–Trinajstić information content (AvgIpc) is 2.79. The standard InChI is InChI=1S/C12H19N3O/c1-16-11-5-8-15(9-11)12-10(4-6-13)3-2-7-14-12/h2-3,7,11H,4-6,8-9,13H2,1H3. The van der Waals surface area contributed by atoms with Gasteiger partial charge in [0.1, 0.15) is 5.82 Å². The second-order valence-electron chi connectivity index (χ2n) is 4.12. The number of nitrogens with two attached hydrogens (primary N) is 1. The summed E-state index contributed by atoms with van der Waals surface area (Å²) < 4.78 is 5.37. The lowest BCUT2D eigenvalue weighted by Gasteiger charge is -2.20. The highest BCUT2D eigenvalue weighted by Gasteiger charge is 2.24. The van der Waals surface area contributed by atoms with Crippen molar-refractivity contribution in [3.05, 3.63) is 23.9 Å². The molecule has 1 fully saturated rings. The molecule has 1 aliphatic heterocycles. The highest BCUT2D eigenvalue weighted by atomic mass is 16.5. The number of anilines is 1. The third-order valence-electron chi connectivity index (χ3n) is 3.06. The minimum atomic E-state index is 0.340. The molecule has 1 aromatic rings. The number of hydrogen-bond donors (Lipinski definition) is 1. The fourth-order valence-electron chi connectivity index (χ4n) is 2.18. The van der Waals surface area contributed by atoms with E-state index >= 15 is 0 Å². The van der Waals surface area contributed by atoms with Crippen LogP contribution in [0.1, 0.15) is 12.0 Å². The van der Waals surface area contributed by atoms with Gasteiger partial charge in [-0.1, -0.05) is 6.07 Å². The lowest BCUT2D eigenvalue weighted by Crippen LogP contribution is -2.24. The second-order valence-corrected chi connectivity index (χ2v) is 4.12. The molecule has 0 amide bonds. The second kappa shape index (κ2) is 5.27. The zero-order valence-corrected chi connectivity index (χ0v) is 9.72. The van der Waals surface area contributed by atoms with Crippen molar-refractivity contribution < 1.29 is 4.74 Å². The largest absolute Gasteiger partial charge is 0.380 e. The molecular formula is C12H19N3O. The first kappa shape index (κ1) is 11.4. The zero-order valence-electron chi connectivity index (χ0n) is 9.72. The van der Waals surface area contributed by atoms with Crippen LogP contribution in [-0.4, -0.2) is 37.8 Å². The molecule has 1 aliphatic rings. The Morgan fingerprint density at radius 1 is 1.62 bits per heavy atom. The van der Waals surface area contributed by atoms with Gasteiger partial charge in [0.05, 0.1) is 6.10 Å². The molecule has 1 atom stereocenters. The van der Waals surface area contributed by atoms with Crippen LogP contribution < -0.4 is 10.6 Å². The Hall–Kier alpha value is -1.13. The van der Waals surface area contributed by atoms with E-state index < -0.39 is 0 Å². The maximum absolute atomic E-state index is 5.61. The minimum absolute atomic E-state index is 0.340. The summed E-state index contributed by atoms with van der Waals surface area (Å²) in [5.41, 5.74) is 6.85. The molecule has 4 heteroatoms. The Morgan fingerprint density at radius 2 is 2.50 bits per heavy atom. The van der Waals surface area contributed by atoms with Crippen LogP contribution in [0.3, 0.4) is 0 Å². The Bertz CT molecular complexity index is 343. The lowest BCUT2D eigenvalue weighted by molar-refractivity contribution is 0.121. The SMILES string of the molecule is COC1CCN(c2ncccc2CCN)C1. The van der Waals surface area contributed by atoms with Gasteiger partial charge in [0.25, 0.3) is 0 Å². The number of ether oxygens (including phenoxy) is 1. The van der Waals surface area contributed by atoms with Crippen LogP contribution in [0.4, 0.5) is 5.82 Å². The van der Waals surface area contributed by atoms with E-state index in [0.29, 0.717) is 12.6 Å². The number of aromatic nitrogens is 1. The van der Waals surface area contributed by atoms with Crippen LogP contribution in [0.5, 0.6) is 0 Å². The first-order valence-electron chi connectivity index (χ1n) is 5.77. The van der Waals surface area contributed by atoms with Crippen molar-refractivity contribution >= 4 is 5.82 Å². The molecule has 16 heavy (non-hydrogen) atoms. The van der Waals surface area contributed by atoms with Gasteiger partial charge in [-0.3, -0.25) is 0 Å². The van der Waals surface area contributed by atoms with Gasteiger partial charge >= 0.3 is 0 Å². The lowest BCUT2D eigenvalue weighted by atomic mass is 10.2. The highest BCUT2D eigenvalue weighted by molar-refractivity contribution is 5.48. The maximum Gasteiger partial charge on any atom is 0.131 e. The van der Waals surface area contributed by atoms with Gasteiger partial charge in [0, 0.05) is 26.4 Å². The Balaban J connectivity index is 2.14. The molecule has 0 saturated carbocycles. The van der Waals surface area contributed by atoms with Crippen LogP contribution in [0.15, 0.2) is 18.3 Å². The van der Waals surface area contributed by atoms with Gasteiger partial charge in [0.2, 0.25) is 0 Å². The molecule has 0 aromatic carbocycles. The van der Waals surface area contributed by atoms with Crippen LogP contribution >= 0.6 is 0 Å². The highest BCUT2D eigenvalue weighted by Crippen LogP contribution is 2.23. The first-order valence-corrected chi connectivity index (χ1v) is 5.77. The average molecular weight is 221 g/mol. The van der Waals surface area contributed by atoms with Crippen molar-refractivity contribution in [2.24, 2.45) is 5.73 Å². The van der Waals surface area contributed by atoms with E-state index in [1.807, 2.05) is 12.3 Å². The minimum Gasteiger partial charge on any atom is -0.380 e. The number of hydrogen-bond acceptors (Lipinski definition) is 4. The number of pyridine rings is 1. The van der Waals surface area contributed by atoms with Gasteiger partial charge in [-0.2, -0.15) is 0 Å². The summed E-state index contributed by atoms with van der Waals surface area (Å²) in [5.74, 6) is 1.08. The van der Waals surface area contributed by atoms with E-state index in [-0.39, 0.29) is 0 Å². The van der Waals surface area contributed by atoms with Crippen LogP contribution in [-0.2, 0) is 11.2 Å². The molecule has 2 heterocycles. The van der Waals surface area contributed by atoms with Gasteiger partial charge in [-0.25, -0.2) is 4.98 Å². The quantitative estimate of drug-likeness (QED) is 0.817. The van der Waals surface area contributed by atoms with Crippen molar-refractivity contribution in [3.8, 4) is 0 Å². The summed E-state index contributed by atoms with van der Waals surface area (Å²) in [6, 6.07) is 4.08. The predicted octanol–water partition coefficient (Wildman–Crippen LogP) is 0.808. The molecule has 1 unspecified atom stereocenters. The summed E-state index contributed by atoms with van der Waals surface area (Å²) in [6.45, 7) is 2.62. The Kier molecular flexibility index (Phi) is 3.74. The Labute approximate surface area is 96.4 Å². The van der Waals surface area contributed by atoms with E-state index in [0.717, 1.165) is 31.7 Å². The monoisotopic (exact) mass is 221 g/mol. The van der Waals surface area contributed by atoms with Crippen molar-refractivity contribution in [3.63, 3.8) is 0 Å². The van der Waals surface area contributed by atoms with E-state index in [1.54, 1.807) is 7.11 Å². The van der Waals surface area contributed by atoms with Gasteiger partial charge < -0.3 is 15.4 Å². The molecule has 0 aliphatic carbocycles. The predicted molar refractivity (Wildman–Crippen MR) is 64.6 cm³/mol. The smallest absolute Gasteiger partial charge is 0.131 e. The fourth-order valence-corrected chi connectivity index (χ4v) is 2.18. The van der Waals surface area contributed by atoms with Gasteiger partial charge in [-0.05, 0) is 31.0 Å². The summed E-state index contributed by atoms with van der Waals surface area (Å²) in [6.07, 6.45) is 4.15. The number of methoxy groups -OCH3 is 1. The third-order valence-corrected chi connectivity index (χ3v) is 3.06. The van der Waals surface area contributed by atoms with E-state index in [1.165, 1.54) is 5.56 Å². The molecule has 0 radical (unpaired) electrons. The van der Waals surface area contributed by atoms with Crippen molar-refractivity contribution in [1.82, 2.24) is 4.98 Å².